The highest BCUT2D eigenvalue weighted by molar-refractivity contribution is 6.09. The molecule has 8 rings (SSSR count). The van der Waals surface area contributed by atoms with Gasteiger partial charge in [0.15, 0.2) is 0 Å². The van der Waals surface area contributed by atoms with Crippen molar-refractivity contribution < 1.29 is 4.42 Å². The molecule has 2 heterocycles. The molecule has 0 fully saturated rings. The maximum Gasteiger partial charge on any atom is 0.136 e. The predicted octanol–water partition coefficient (Wildman–Crippen LogP) is 10.0. The van der Waals surface area contributed by atoms with Gasteiger partial charge in [0.05, 0.1) is 11.0 Å². The highest BCUT2D eigenvalue weighted by Crippen LogP contribution is 2.34. The van der Waals surface area contributed by atoms with E-state index in [4.69, 9.17) is 4.42 Å². The van der Waals surface area contributed by atoms with Crippen molar-refractivity contribution in [1.29, 1.82) is 0 Å². The lowest BCUT2D eigenvalue weighted by molar-refractivity contribution is 0.669. The topological polar surface area (TPSA) is 18.1 Å². The number of para-hydroxylation sites is 3. The summed E-state index contributed by atoms with van der Waals surface area (Å²) in [5.74, 6) is 0. The molecule has 2 aromatic heterocycles. The molecule has 6 aromatic carbocycles. The lowest BCUT2D eigenvalue weighted by atomic mass is 9.99. The molecule has 0 aliphatic heterocycles. The first-order chi connectivity index (χ1) is 18.8. The first-order valence-corrected chi connectivity index (χ1v) is 12.9. The molecular weight excluding hydrogens is 462 g/mol. The van der Waals surface area contributed by atoms with E-state index in [1.807, 2.05) is 12.1 Å². The third kappa shape index (κ3) is 3.21. The maximum atomic E-state index is 6.10. The number of furan rings is 1. The number of hydrogen-bond donors (Lipinski definition) is 0. The lowest BCUT2D eigenvalue weighted by Crippen LogP contribution is -1.93. The smallest absolute Gasteiger partial charge is 0.136 e. The van der Waals surface area contributed by atoms with Gasteiger partial charge in [-0.1, -0.05) is 97.1 Å². The van der Waals surface area contributed by atoms with Crippen molar-refractivity contribution in [2.24, 2.45) is 0 Å². The van der Waals surface area contributed by atoms with Crippen LogP contribution in [-0.4, -0.2) is 4.57 Å². The number of aromatic nitrogens is 1. The minimum absolute atomic E-state index is 0.924. The molecule has 0 unspecified atom stereocenters. The average Bonchev–Trinajstić information content (AvgIpc) is 3.53. The van der Waals surface area contributed by atoms with E-state index in [1.165, 1.54) is 44.2 Å². The van der Waals surface area contributed by atoms with Gasteiger partial charge >= 0.3 is 0 Å². The van der Waals surface area contributed by atoms with E-state index in [1.54, 1.807) is 0 Å². The molecule has 0 N–H and O–H groups in total. The van der Waals surface area contributed by atoms with Crippen LogP contribution in [0.2, 0.25) is 0 Å². The first kappa shape index (κ1) is 21.0. The average molecular weight is 486 g/mol. The standard InChI is InChI=1S/C36H23NO/c1-4-10-33-29(7-1)30-8-2-5-11-34(30)37(33)28-20-17-25(18-21-28)24-13-15-26(16-14-24)27-19-22-32-31-9-3-6-12-35(31)38-36(32)23-27/h1-23H. The van der Waals surface area contributed by atoms with Gasteiger partial charge in [-0.3, -0.25) is 0 Å². The van der Waals surface area contributed by atoms with Crippen LogP contribution in [0.25, 0.3) is 71.7 Å². The van der Waals surface area contributed by atoms with E-state index in [-0.39, 0.29) is 0 Å². The van der Waals surface area contributed by atoms with Gasteiger partial charge in [-0.15, -0.1) is 0 Å². The van der Waals surface area contributed by atoms with Crippen molar-refractivity contribution in [3.8, 4) is 27.9 Å². The van der Waals surface area contributed by atoms with Gasteiger partial charge in [0.1, 0.15) is 11.2 Å². The second kappa shape index (κ2) is 8.22. The molecule has 178 valence electrons. The fourth-order valence-electron chi connectivity index (χ4n) is 5.76. The van der Waals surface area contributed by atoms with Gasteiger partial charge in [0.25, 0.3) is 0 Å². The van der Waals surface area contributed by atoms with Gasteiger partial charge in [-0.25, -0.2) is 0 Å². The third-order valence-electron chi connectivity index (χ3n) is 7.64. The van der Waals surface area contributed by atoms with Crippen LogP contribution < -0.4 is 0 Å². The van der Waals surface area contributed by atoms with Crippen molar-refractivity contribution in [3.63, 3.8) is 0 Å². The molecule has 0 saturated carbocycles. The van der Waals surface area contributed by atoms with E-state index >= 15 is 0 Å². The van der Waals surface area contributed by atoms with E-state index in [0.717, 1.165) is 27.5 Å². The van der Waals surface area contributed by atoms with Crippen LogP contribution in [0.4, 0.5) is 0 Å². The first-order valence-electron chi connectivity index (χ1n) is 12.9. The molecule has 0 bridgehead atoms. The number of fused-ring (bicyclic) bond motifs is 6. The SMILES string of the molecule is c1ccc2c(c1)oc1cc(-c3ccc(-c4ccc(-n5c6ccccc6c6ccccc65)cc4)cc3)ccc12. The Bertz CT molecular complexity index is 2060. The van der Waals surface area contributed by atoms with Gasteiger partial charge in [-0.05, 0) is 64.7 Å². The minimum atomic E-state index is 0.924. The zero-order chi connectivity index (χ0) is 25.1. The normalized spacial score (nSPS) is 11.7. The van der Waals surface area contributed by atoms with Gasteiger partial charge in [0.2, 0.25) is 0 Å². The van der Waals surface area contributed by atoms with E-state index in [2.05, 4.69) is 132 Å². The molecule has 0 amide bonds. The van der Waals surface area contributed by atoms with Crippen LogP contribution >= 0.6 is 0 Å². The van der Waals surface area contributed by atoms with Crippen LogP contribution in [0.5, 0.6) is 0 Å². The van der Waals surface area contributed by atoms with E-state index in [9.17, 15) is 0 Å². The summed E-state index contributed by atoms with van der Waals surface area (Å²) in [6.07, 6.45) is 0. The van der Waals surface area contributed by atoms with Crippen LogP contribution in [0.3, 0.4) is 0 Å². The Morgan fingerprint density at radius 2 is 0.842 bits per heavy atom. The molecule has 8 aromatic rings. The monoisotopic (exact) mass is 485 g/mol. The van der Waals surface area contributed by atoms with Crippen molar-refractivity contribution in [2.45, 2.75) is 0 Å². The van der Waals surface area contributed by atoms with Crippen molar-refractivity contribution in [3.05, 3.63) is 140 Å². The molecule has 2 nitrogen and oxygen atoms in total. The van der Waals surface area contributed by atoms with Crippen molar-refractivity contribution in [1.82, 2.24) is 4.57 Å². The summed E-state index contributed by atoms with van der Waals surface area (Å²) in [6.45, 7) is 0. The van der Waals surface area contributed by atoms with Gasteiger partial charge < -0.3 is 8.98 Å². The lowest BCUT2D eigenvalue weighted by Gasteiger charge is -2.10. The minimum Gasteiger partial charge on any atom is -0.456 e. The second-order valence-corrected chi connectivity index (χ2v) is 9.80. The fourth-order valence-corrected chi connectivity index (χ4v) is 5.76. The summed E-state index contributed by atoms with van der Waals surface area (Å²) in [6, 6.07) is 49.6. The van der Waals surface area contributed by atoms with Crippen LogP contribution in [0.15, 0.2) is 144 Å². The Labute approximate surface area is 220 Å². The summed E-state index contributed by atoms with van der Waals surface area (Å²) < 4.78 is 8.45. The number of nitrogens with zero attached hydrogens (tertiary/aromatic N) is 1. The largest absolute Gasteiger partial charge is 0.456 e. The van der Waals surface area contributed by atoms with E-state index < -0.39 is 0 Å². The summed E-state index contributed by atoms with van der Waals surface area (Å²) in [4.78, 5) is 0. The van der Waals surface area contributed by atoms with Crippen molar-refractivity contribution >= 4 is 43.7 Å². The Morgan fingerprint density at radius 3 is 1.50 bits per heavy atom. The number of benzene rings is 6. The Hall–Kier alpha value is -5.08. The maximum absolute atomic E-state index is 6.10. The Kier molecular flexibility index (Phi) is 4.55. The molecule has 38 heavy (non-hydrogen) atoms. The Morgan fingerprint density at radius 1 is 0.368 bits per heavy atom. The summed E-state index contributed by atoms with van der Waals surface area (Å²) in [5, 5.41) is 4.88. The number of hydrogen-bond acceptors (Lipinski definition) is 1. The van der Waals surface area contributed by atoms with Crippen molar-refractivity contribution in [2.75, 3.05) is 0 Å². The zero-order valence-electron chi connectivity index (χ0n) is 20.6. The molecule has 0 radical (unpaired) electrons. The molecule has 0 aliphatic rings. The number of rotatable bonds is 3. The van der Waals surface area contributed by atoms with Crippen LogP contribution in [-0.2, 0) is 0 Å². The molecule has 0 spiro atoms. The highest BCUT2D eigenvalue weighted by Gasteiger charge is 2.12. The highest BCUT2D eigenvalue weighted by atomic mass is 16.3. The molecular formula is C36H23NO. The van der Waals surface area contributed by atoms with Gasteiger partial charge in [0, 0.05) is 27.2 Å². The van der Waals surface area contributed by atoms with Crippen LogP contribution in [0.1, 0.15) is 0 Å². The van der Waals surface area contributed by atoms with E-state index in [0.29, 0.717) is 0 Å². The summed E-state index contributed by atoms with van der Waals surface area (Å²) in [5.41, 5.74) is 10.2. The molecule has 0 atom stereocenters. The zero-order valence-corrected chi connectivity index (χ0v) is 20.6. The summed E-state index contributed by atoms with van der Waals surface area (Å²) in [7, 11) is 0. The van der Waals surface area contributed by atoms with Gasteiger partial charge in [-0.2, -0.15) is 0 Å². The quantitative estimate of drug-likeness (QED) is 0.243. The molecule has 0 aliphatic carbocycles. The molecule has 2 heteroatoms. The predicted molar refractivity (Wildman–Crippen MR) is 159 cm³/mol. The Balaban J connectivity index is 1.14. The fraction of sp³-hybridized carbons (Fsp3) is 0. The second-order valence-electron chi connectivity index (χ2n) is 9.80. The summed E-state index contributed by atoms with van der Waals surface area (Å²) >= 11 is 0. The third-order valence-corrected chi connectivity index (χ3v) is 7.64. The molecule has 0 saturated heterocycles. The van der Waals surface area contributed by atoms with Crippen LogP contribution in [0, 0.1) is 0 Å².